The summed E-state index contributed by atoms with van der Waals surface area (Å²) in [5.41, 5.74) is 0. The number of nitrogens with one attached hydrogen (secondary N) is 1. The van der Waals surface area contributed by atoms with Crippen LogP contribution in [0.4, 0.5) is 0 Å². The third kappa shape index (κ3) is 67.8. The van der Waals surface area contributed by atoms with Gasteiger partial charge in [-0.25, -0.2) is 0 Å². The van der Waals surface area contributed by atoms with E-state index in [0.29, 0.717) is 13.1 Å². The van der Waals surface area contributed by atoms with Crippen molar-refractivity contribution in [3.8, 4) is 0 Å². The van der Waals surface area contributed by atoms with Crippen molar-refractivity contribution in [2.45, 2.75) is 13.8 Å². The van der Waals surface area contributed by atoms with E-state index in [1.807, 2.05) is 0 Å². The maximum atomic E-state index is 9.18. The maximum Gasteiger partial charge on any atom is 0.293 e. The van der Waals surface area contributed by atoms with E-state index >= 15 is 0 Å². The Kier molecular flexibility index (Phi) is 21.0. The molecule has 0 heterocycles. The van der Waals surface area contributed by atoms with Crippen LogP contribution in [-0.4, -0.2) is 19.3 Å². The van der Waals surface area contributed by atoms with Crippen molar-refractivity contribution in [2.75, 3.05) is 6.61 Å². The van der Waals surface area contributed by atoms with Crippen molar-refractivity contribution in [1.82, 2.24) is 0 Å². The van der Waals surface area contributed by atoms with Crippen LogP contribution < -0.4 is 0 Å². The van der Waals surface area contributed by atoms with Crippen molar-refractivity contribution in [2.24, 2.45) is 0 Å². The molecule has 0 aromatic rings. The van der Waals surface area contributed by atoms with Crippen LogP contribution in [0, 0.1) is 5.41 Å². The molecule has 0 aliphatic heterocycles. The summed E-state index contributed by atoms with van der Waals surface area (Å²) in [4.78, 5) is 9.18. The van der Waals surface area contributed by atoms with Gasteiger partial charge in [-0.05, 0) is 20.1 Å². The fourth-order valence-electron chi connectivity index (χ4n) is 0.0680. The van der Waals surface area contributed by atoms with Gasteiger partial charge in [0.25, 0.3) is 6.47 Å². The van der Waals surface area contributed by atoms with E-state index < -0.39 is 0 Å². The molecule has 0 saturated heterocycles. The van der Waals surface area contributed by atoms with E-state index in [4.69, 9.17) is 5.41 Å². The maximum absolute atomic E-state index is 9.18. The van der Waals surface area contributed by atoms with Crippen molar-refractivity contribution in [3.63, 3.8) is 0 Å². The molecule has 0 rings (SSSR count). The first kappa shape index (κ1) is 10.2. The van der Waals surface area contributed by atoms with Crippen LogP contribution in [-0.2, 0) is 9.53 Å². The van der Waals surface area contributed by atoms with Crippen molar-refractivity contribution in [1.29, 1.82) is 5.41 Å². The molecule has 0 fully saturated rings. The Morgan fingerprint density at radius 2 is 2.12 bits per heavy atom. The topological polar surface area (TPSA) is 50.1 Å². The molecular weight excluding hydrogens is 106 g/mol. The lowest BCUT2D eigenvalue weighted by molar-refractivity contribution is -0.128. The van der Waals surface area contributed by atoms with Crippen LogP contribution in [0.1, 0.15) is 13.8 Å². The summed E-state index contributed by atoms with van der Waals surface area (Å²) in [6.07, 6.45) is 1.25. The summed E-state index contributed by atoms with van der Waals surface area (Å²) >= 11 is 0. The molecule has 0 saturated carbocycles. The molecule has 1 N–H and O–H groups in total. The quantitative estimate of drug-likeness (QED) is 0.430. The summed E-state index contributed by atoms with van der Waals surface area (Å²) < 4.78 is 4.15. The SMILES string of the molecule is CC=N.CCOC=O. The fourth-order valence-corrected chi connectivity index (χ4v) is 0.0680. The van der Waals surface area contributed by atoms with Gasteiger partial charge in [0.15, 0.2) is 0 Å². The minimum absolute atomic E-state index is 0.431. The van der Waals surface area contributed by atoms with Gasteiger partial charge in [0, 0.05) is 0 Å². The highest BCUT2D eigenvalue weighted by Gasteiger charge is 1.60. The number of carbonyl (C=O) groups excluding carboxylic acids is 1. The number of hydrogen-bond donors (Lipinski definition) is 1. The molecule has 0 radical (unpaired) electrons. The Balaban J connectivity index is 0. The van der Waals surface area contributed by atoms with Crippen LogP contribution in [0.5, 0.6) is 0 Å². The Bertz CT molecular complexity index is 54.4. The lowest BCUT2D eigenvalue weighted by atomic mass is 10.9. The molecule has 0 aromatic carbocycles. The highest BCUT2D eigenvalue weighted by Crippen LogP contribution is 1.55. The van der Waals surface area contributed by atoms with E-state index in [1.165, 1.54) is 6.21 Å². The Morgan fingerprint density at radius 1 is 1.75 bits per heavy atom. The number of ether oxygens (including phenoxy) is 1. The molecule has 0 spiro atoms. The van der Waals surface area contributed by atoms with Crippen LogP contribution in [0.15, 0.2) is 0 Å². The zero-order valence-corrected chi connectivity index (χ0v) is 5.18. The van der Waals surface area contributed by atoms with Gasteiger partial charge in [0.05, 0.1) is 6.61 Å². The molecule has 3 heteroatoms. The molecule has 0 aliphatic carbocycles. The zero-order chi connectivity index (χ0) is 6.83. The van der Waals surface area contributed by atoms with Gasteiger partial charge in [-0.3, -0.25) is 4.79 Å². The van der Waals surface area contributed by atoms with E-state index in [0.717, 1.165) is 0 Å². The standard InChI is InChI=1S/C3H6O2.C2H5N/c1-2-5-3-4;1-2-3/h3H,2H2,1H3;2-3H,1H3. The molecule has 48 valence electrons. The Labute approximate surface area is 49.2 Å². The molecule has 3 nitrogen and oxygen atoms in total. The first-order valence-corrected chi connectivity index (χ1v) is 2.33. The van der Waals surface area contributed by atoms with Crippen molar-refractivity contribution in [3.05, 3.63) is 0 Å². The minimum atomic E-state index is 0.431. The monoisotopic (exact) mass is 117 g/mol. The molecule has 0 bridgehead atoms. The molecule has 0 aromatic heterocycles. The first-order chi connectivity index (χ1) is 3.83. The van der Waals surface area contributed by atoms with Gasteiger partial charge in [-0.1, -0.05) is 0 Å². The third-order valence-electron chi connectivity index (χ3n) is 0.235. The van der Waals surface area contributed by atoms with Crippen LogP contribution in [0.25, 0.3) is 0 Å². The summed E-state index contributed by atoms with van der Waals surface area (Å²) in [7, 11) is 0. The van der Waals surface area contributed by atoms with Crippen molar-refractivity contribution >= 4 is 12.7 Å². The molecule has 0 amide bonds. The average molecular weight is 117 g/mol. The normalized spacial score (nSPS) is 5.75. The highest BCUT2D eigenvalue weighted by molar-refractivity contribution is 5.48. The smallest absolute Gasteiger partial charge is 0.293 e. The summed E-state index contributed by atoms with van der Waals surface area (Å²) in [5, 5.41) is 6.08. The number of carbonyl (C=O) groups is 1. The number of hydrogen-bond acceptors (Lipinski definition) is 3. The van der Waals surface area contributed by atoms with Crippen LogP contribution in [0.2, 0.25) is 0 Å². The van der Waals surface area contributed by atoms with Gasteiger partial charge in [-0.2, -0.15) is 0 Å². The van der Waals surface area contributed by atoms with Crippen LogP contribution in [0.3, 0.4) is 0 Å². The third-order valence-corrected chi connectivity index (χ3v) is 0.235. The van der Waals surface area contributed by atoms with E-state index in [2.05, 4.69) is 4.74 Å². The number of rotatable bonds is 2. The largest absolute Gasteiger partial charge is 0.468 e. The second-order valence-electron chi connectivity index (χ2n) is 0.840. The predicted octanol–water partition coefficient (Wildman–Crippen LogP) is 0.835. The van der Waals surface area contributed by atoms with Gasteiger partial charge in [0.1, 0.15) is 0 Å². The molecule has 0 aliphatic rings. The second kappa shape index (κ2) is 16.5. The molecule has 0 atom stereocenters. The van der Waals surface area contributed by atoms with E-state index in [9.17, 15) is 4.79 Å². The molecule has 0 unspecified atom stereocenters. The van der Waals surface area contributed by atoms with Crippen molar-refractivity contribution < 1.29 is 9.53 Å². The van der Waals surface area contributed by atoms with E-state index in [-0.39, 0.29) is 0 Å². The molecule has 8 heavy (non-hydrogen) atoms. The Hall–Kier alpha value is -0.860. The fraction of sp³-hybridized carbons (Fsp3) is 0.600. The zero-order valence-electron chi connectivity index (χ0n) is 5.18. The van der Waals surface area contributed by atoms with Gasteiger partial charge >= 0.3 is 0 Å². The van der Waals surface area contributed by atoms with Gasteiger partial charge in [0.2, 0.25) is 0 Å². The summed E-state index contributed by atoms with van der Waals surface area (Å²) in [6.45, 7) is 4.33. The second-order valence-corrected chi connectivity index (χ2v) is 0.840. The highest BCUT2D eigenvalue weighted by atomic mass is 16.5. The summed E-state index contributed by atoms with van der Waals surface area (Å²) in [5.74, 6) is 0. The molecular formula is C5H11NO2. The summed E-state index contributed by atoms with van der Waals surface area (Å²) in [6, 6.07) is 0. The predicted molar refractivity (Wildman–Crippen MR) is 32.1 cm³/mol. The first-order valence-electron chi connectivity index (χ1n) is 2.33. The average Bonchev–Trinajstić information content (AvgIpc) is 1.71. The van der Waals surface area contributed by atoms with E-state index in [1.54, 1.807) is 13.8 Å². The minimum Gasteiger partial charge on any atom is -0.468 e. The van der Waals surface area contributed by atoms with Gasteiger partial charge in [-0.15, -0.1) is 0 Å². The van der Waals surface area contributed by atoms with Crippen LogP contribution >= 0.6 is 0 Å². The lowest BCUT2D eigenvalue weighted by Gasteiger charge is -1.79. The van der Waals surface area contributed by atoms with Gasteiger partial charge < -0.3 is 10.1 Å². The lowest BCUT2D eigenvalue weighted by Crippen LogP contribution is -1.80. The Morgan fingerprint density at radius 3 is 2.12 bits per heavy atom.